The zero-order valence-electron chi connectivity index (χ0n) is 10.6. The summed E-state index contributed by atoms with van der Waals surface area (Å²) in [4.78, 5) is 0. The van der Waals surface area contributed by atoms with Crippen molar-refractivity contribution in [2.24, 2.45) is 0 Å². The molecule has 0 spiro atoms. The first-order valence-electron chi connectivity index (χ1n) is 6.29. The summed E-state index contributed by atoms with van der Waals surface area (Å²) in [6, 6.07) is 2.11. The zero-order valence-corrected chi connectivity index (χ0v) is 12.2. The Morgan fingerprint density at radius 2 is 2.44 bits per heavy atom. The Labute approximate surface area is 113 Å². The zero-order chi connectivity index (χ0) is 13.0. The summed E-state index contributed by atoms with van der Waals surface area (Å²) in [5, 5.41) is 7.29. The summed E-state index contributed by atoms with van der Waals surface area (Å²) >= 11 is 1.64. The minimum Gasteiger partial charge on any atom is -0.313 e. The lowest BCUT2D eigenvalue weighted by molar-refractivity contribution is 0.545. The lowest BCUT2D eigenvalue weighted by Gasteiger charge is -2.16. The average molecular weight is 288 g/mol. The lowest BCUT2D eigenvalue weighted by Crippen LogP contribution is -2.41. The second-order valence-electron chi connectivity index (χ2n) is 4.93. The Morgan fingerprint density at radius 3 is 3.06 bits per heavy atom. The fourth-order valence-corrected chi connectivity index (χ4v) is 4.61. The van der Waals surface area contributed by atoms with E-state index in [-0.39, 0.29) is 17.8 Å². The summed E-state index contributed by atoms with van der Waals surface area (Å²) in [7, 11) is -3.18. The molecule has 4 nitrogen and oxygen atoms in total. The molecular weight excluding hydrogens is 268 g/mol. The van der Waals surface area contributed by atoms with Crippen molar-refractivity contribution in [3.05, 3.63) is 22.4 Å². The molecule has 6 heteroatoms. The number of hydrogen-bond acceptors (Lipinski definition) is 4. The summed E-state index contributed by atoms with van der Waals surface area (Å²) in [6.45, 7) is 2.85. The van der Waals surface area contributed by atoms with E-state index < -0.39 is 10.0 Å². The number of nitrogens with one attached hydrogen (secondary N) is 2. The molecule has 0 aromatic carbocycles. The van der Waals surface area contributed by atoms with Crippen molar-refractivity contribution in [1.29, 1.82) is 0 Å². The molecule has 2 unspecified atom stereocenters. The Hall–Kier alpha value is -0.430. The van der Waals surface area contributed by atoms with Gasteiger partial charge in [0.2, 0.25) is 10.0 Å². The molecule has 1 aliphatic heterocycles. The van der Waals surface area contributed by atoms with Crippen LogP contribution in [0.5, 0.6) is 0 Å². The standard InChI is InChI=1S/C12H20N2O2S2/c1-10(7-11-4-6-17-8-11)14-18(15,16)9-12-3-2-5-13-12/h4,6,8,10,12-14H,2-3,5,7,9H2,1H3. The van der Waals surface area contributed by atoms with Crippen molar-refractivity contribution >= 4 is 21.4 Å². The smallest absolute Gasteiger partial charge is 0.213 e. The molecule has 0 radical (unpaired) electrons. The SMILES string of the molecule is CC(Cc1ccsc1)NS(=O)(=O)CC1CCCN1. The Balaban J connectivity index is 1.83. The average Bonchev–Trinajstić information content (AvgIpc) is 2.88. The van der Waals surface area contributed by atoms with Gasteiger partial charge in [0.1, 0.15) is 0 Å². The number of hydrogen-bond donors (Lipinski definition) is 2. The van der Waals surface area contributed by atoms with Gasteiger partial charge in [-0.2, -0.15) is 11.3 Å². The summed E-state index contributed by atoms with van der Waals surface area (Å²) in [6.07, 6.45) is 2.78. The fraction of sp³-hybridized carbons (Fsp3) is 0.667. The number of rotatable bonds is 6. The lowest BCUT2D eigenvalue weighted by atomic mass is 10.1. The van der Waals surface area contributed by atoms with Crippen LogP contribution in [0.4, 0.5) is 0 Å². The fourth-order valence-electron chi connectivity index (χ4n) is 2.32. The summed E-state index contributed by atoms with van der Waals surface area (Å²) in [5.74, 6) is 0.195. The summed E-state index contributed by atoms with van der Waals surface area (Å²) < 4.78 is 26.7. The first-order chi connectivity index (χ1) is 8.55. The highest BCUT2D eigenvalue weighted by atomic mass is 32.2. The maximum absolute atomic E-state index is 12.0. The van der Waals surface area contributed by atoms with E-state index in [1.807, 2.05) is 18.4 Å². The van der Waals surface area contributed by atoms with Crippen LogP contribution in [-0.2, 0) is 16.4 Å². The quantitative estimate of drug-likeness (QED) is 0.831. The normalized spacial score (nSPS) is 22.2. The Bertz CT molecular complexity index is 450. The van der Waals surface area contributed by atoms with E-state index in [4.69, 9.17) is 0 Å². The highest BCUT2D eigenvalue weighted by Crippen LogP contribution is 2.10. The van der Waals surface area contributed by atoms with E-state index in [0.29, 0.717) is 0 Å². The molecule has 0 aliphatic carbocycles. The molecule has 1 saturated heterocycles. The van der Waals surface area contributed by atoms with Gasteiger partial charge in [0.25, 0.3) is 0 Å². The van der Waals surface area contributed by atoms with Gasteiger partial charge >= 0.3 is 0 Å². The van der Waals surface area contributed by atoms with Crippen LogP contribution in [-0.4, -0.2) is 32.8 Å². The van der Waals surface area contributed by atoms with Crippen LogP contribution < -0.4 is 10.0 Å². The predicted molar refractivity (Wildman–Crippen MR) is 75.4 cm³/mol. The molecule has 1 aromatic heterocycles. The third-order valence-corrected chi connectivity index (χ3v) is 5.42. The van der Waals surface area contributed by atoms with Gasteiger partial charge in [-0.05, 0) is 55.1 Å². The molecule has 1 aromatic rings. The maximum Gasteiger partial charge on any atom is 0.213 e. The van der Waals surface area contributed by atoms with Gasteiger partial charge in [0.15, 0.2) is 0 Å². The summed E-state index contributed by atoms with van der Waals surface area (Å²) in [5.41, 5.74) is 1.19. The van der Waals surface area contributed by atoms with Gasteiger partial charge in [-0.1, -0.05) is 0 Å². The minimum absolute atomic E-state index is 0.0500. The highest BCUT2D eigenvalue weighted by molar-refractivity contribution is 7.89. The van der Waals surface area contributed by atoms with E-state index in [1.165, 1.54) is 5.56 Å². The van der Waals surface area contributed by atoms with Crippen molar-refractivity contribution in [2.75, 3.05) is 12.3 Å². The molecule has 0 bridgehead atoms. The Kier molecular flexibility index (Phi) is 4.77. The molecule has 18 heavy (non-hydrogen) atoms. The highest BCUT2D eigenvalue weighted by Gasteiger charge is 2.23. The molecule has 2 atom stereocenters. The monoisotopic (exact) mass is 288 g/mol. The molecule has 2 rings (SSSR count). The van der Waals surface area contributed by atoms with E-state index in [1.54, 1.807) is 11.3 Å². The van der Waals surface area contributed by atoms with Gasteiger partial charge < -0.3 is 5.32 Å². The molecular formula is C12H20N2O2S2. The van der Waals surface area contributed by atoms with Crippen molar-refractivity contribution in [2.45, 2.75) is 38.3 Å². The van der Waals surface area contributed by atoms with Crippen LogP contribution in [0, 0.1) is 0 Å². The first kappa shape index (κ1) is 14.0. The molecule has 1 fully saturated rings. The largest absolute Gasteiger partial charge is 0.313 e. The minimum atomic E-state index is -3.18. The van der Waals surface area contributed by atoms with Gasteiger partial charge in [-0.3, -0.25) is 0 Å². The topological polar surface area (TPSA) is 58.2 Å². The second-order valence-corrected chi connectivity index (χ2v) is 7.51. The van der Waals surface area contributed by atoms with Crippen LogP contribution >= 0.6 is 11.3 Å². The van der Waals surface area contributed by atoms with Crippen LogP contribution in [0.1, 0.15) is 25.3 Å². The second kappa shape index (κ2) is 6.14. The van der Waals surface area contributed by atoms with E-state index in [2.05, 4.69) is 15.4 Å². The number of sulfonamides is 1. The molecule has 2 heterocycles. The maximum atomic E-state index is 12.0. The first-order valence-corrected chi connectivity index (χ1v) is 8.89. The van der Waals surface area contributed by atoms with Crippen LogP contribution in [0.25, 0.3) is 0 Å². The van der Waals surface area contributed by atoms with Crippen LogP contribution in [0.15, 0.2) is 16.8 Å². The Morgan fingerprint density at radius 1 is 1.61 bits per heavy atom. The van der Waals surface area contributed by atoms with E-state index in [0.717, 1.165) is 25.8 Å². The van der Waals surface area contributed by atoms with E-state index >= 15 is 0 Å². The van der Waals surface area contributed by atoms with Crippen LogP contribution in [0.2, 0.25) is 0 Å². The predicted octanol–water partition coefficient (Wildman–Crippen LogP) is 1.35. The van der Waals surface area contributed by atoms with Gasteiger partial charge in [-0.15, -0.1) is 0 Å². The van der Waals surface area contributed by atoms with Crippen molar-refractivity contribution < 1.29 is 8.42 Å². The molecule has 0 amide bonds. The van der Waals surface area contributed by atoms with Gasteiger partial charge in [0.05, 0.1) is 5.75 Å². The van der Waals surface area contributed by atoms with Crippen molar-refractivity contribution in [3.63, 3.8) is 0 Å². The third-order valence-electron chi connectivity index (χ3n) is 3.09. The number of thiophene rings is 1. The third kappa shape index (κ3) is 4.35. The molecule has 2 N–H and O–H groups in total. The molecule has 1 aliphatic rings. The van der Waals surface area contributed by atoms with E-state index in [9.17, 15) is 8.42 Å². The van der Waals surface area contributed by atoms with Crippen molar-refractivity contribution in [1.82, 2.24) is 10.0 Å². The van der Waals surface area contributed by atoms with Gasteiger partial charge in [0, 0.05) is 12.1 Å². The molecule has 102 valence electrons. The van der Waals surface area contributed by atoms with Crippen molar-refractivity contribution in [3.8, 4) is 0 Å². The molecule has 0 saturated carbocycles. The van der Waals surface area contributed by atoms with Crippen LogP contribution in [0.3, 0.4) is 0 Å². The van der Waals surface area contributed by atoms with Gasteiger partial charge in [-0.25, -0.2) is 13.1 Å².